The van der Waals surface area contributed by atoms with Gasteiger partial charge in [0, 0.05) is 6.04 Å². The van der Waals surface area contributed by atoms with Gasteiger partial charge in [-0.15, -0.1) is 0 Å². The number of nitriles is 1. The highest BCUT2D eigenvalue weighted by atomic mass is 14.9. The maximum atomic E-state index is 9.09. The molecule has 1 heterocycles. The zero-order valence-corrected chi connectivity index (χ0v) is 8.66. The van der Waals surface area contributed by atoms with Gasteiger partial charge < -0.3 is 5.32 Å². The van der Waals surface area contributed by atoms with Crippen LogP contribution in [0, 0.1) is 11.3 Å². The van der Waals surface area contributed by atoms with Crippen molar-refractivity contribution >= 4 is 0 Å². The van der Waals surface area contributed by atoms with Crippen LogP contribution in [0.3, 0.4) is 0 Å². The fourth-order valence-electron chi connectivity index (χ4n) is 3.01. The Hall–Kier alpha value is -1.33. The van der Waals surface area contributed by atoms with Gasteiger partial charge in [-0.05, 0) is 48.9 Å². The minimum atomic E-state index is 0.603. The Balaban J connectivity index is 2.13. The van der Waals surface area contributed by atoms with Crippen LogP contribution in [-0.2, 0) is 6.42 Å². The highest BCUT2D eigenvalue weighted by molar-refractivity contribution is 5.46. The Labute approximate surface area is 89.9 Å². The monoisotopic (exact) mass is 198 g/mol. The number of nitrogens with zero attached hydrogens (tertiary/aromatic N) is 1. The first kappa shape index (κ1) is 8.94. The number of nitrogens with one attached hydrogen (secondary N) is 1. The van der Waals surface area contributed by atoms with Crippen LogP contribution in [0.25, 0.3) is 0 Å². The van der Waals surface area contributed by atoms with E-state index < -0.39 is 0 Å². The van der Waals surface area contributed by atoms with Crippen molar-refractivity contribution in [3.8, 4) is 6.07 Å². The van der Waals surface area contributed by atoms with Gasteiger partial charge in [0.2, 0.25) is 0 Å². The molecule has 0 aromatic heterocycles. The van der Waals surface area contributed by atoms with E-state index in [1.165, 1.54) is 24.0 Å². The largest absolute Gasteiger partial charge is 0.314 e. The SMILES string of the molecule is N#Cc1cccc2c1CC1CC2CCN1. The number of hydrogen-bond acceptors (Lipinski definition) is 2. The molecule has 2 nitrogen and oxygen atoms in total. The molecule has 76 valence electrons. The summed E-state index contributed by atoms with van der Waals surface area (Å²) in [6.45, 7) is 1.13. The highest BCUT2D eigenvalue weighted by Gasteiger charge is 2.30. The summed E-state index contributed by atoms with van der Waals surface area (Å²) in [4.78, 5) is 0. The van der Waals surface area contributed by atoms with Gasteiger partial charge in [0.05, 0.1) is 11.6 Å². The second kappa shape index (κ2) is 3.36. The first-order valence-corrected chi connectivity index (χ1v) is 5.64. The fourth-order valence-corrected chi connectivity index (χ4v) is 3.01. The van der Waals surface area contributed by atoms with Crippen molar-refractivity contribution in [2.75, 3.05) is 6.54 Å². The summed E-state index contributed by atoms with van der Waals surface area (Å²) in [6, 6.07) is 9.10. The Morgan fingerprint density at radius 2 is 2.33 bits per heavy atom. The summed E-state index contributed by atoms with van der Waals surface area (Å²) in [6.07, 6.45) is 3.51. The number of hydrogen-bond donors (Lipinski definition) is 1. The van der Waals surface area contributed by atoms with Crippen molar-refractivity contribution in [2.24, 2.45) is 0 Å². The van der Waals surface area contributed by atoms with E-state index in [0.717, 1.165) is 18.5 Å². The molecule has 1 aromatic rings. The lowest BCUT2D eigenvalue weighted by Gasteiger charge is -2.37. The maximum Gasteiger partial charge on any atom is 0.0994 e. The molecule has 1 aliphatic carbocycles. The van der Waals surface area contributed by atoms with E-state index in [1.54, 1.807) is 0 Å². The molecule has 1 aromatic carbocycles. The van der Waals surface area contributed by atoms with E-state index in [1.807, 2.05) is 12.1 Å². The molecular formula is C13H14N2. The molecule has 2 unspecified atom stereocenters. The standard InChI is InChI=1S/C13H14N2/c14-8-10-2-1-3-12-9-4-5-15-11(6-9)7-13(10)12/h1-3,9,11,15H,4-7H2. The fraction of sp³-hybridized carbons (Fsp3) is 0.462. The third-order valence-electron chi connectivity index (χ3n) is 3.72. The van der Waals surface area contributed by atoms with Gasteiger partial charge in [0.15, 0.2) is 0 Å². The van der Waals surface area contributed by atoms with Gasteiger partial charge in [-0.2, -0.15) is 5.26 Å². The van der Waals surface area contributed by atoms with Crippen LogP contribution in [0.5, 0.6) is 0 Å². The minimum Gasteiger partial charge on any atom is -0.314 e. The van der Waals surface area contributed by atoms with Crippen molar-refractivity contribution in [3.63, 3.8) is 0 Å². The van der Waals surface area contributed by atoms with E-state index in [4.69, 9.17) is 5.26 Å². The topological polar surface area (TPSA) is 35.8 Å². The van der Waals surface area contributed by atoms with Crippen molar-refractivity contribution in [1.82, 2.24) is 5.32 Å². The molecule has 0 amide bonds. The Kier molecular flexibility index (Phi) is 2.00. The lowest BCUT2D eigenvalue weighted by Crippen LogP contribution is -2.42. The van der Waals surface area contributed by atoms with Gasteiger partial charge in [-0.25, -0.2) is 0 Å². The molecule has 0 spiro atoms. The third kappa shape index (κ3) is 1.35. The number of piperidine rings is 1. The summed E-state index contributed by atoms with van der Waals surface area (Å²) in [5.41, 5.74) is 3.62. The van der Waals surface area contributed by atoms with Crippen LogP contribution in [0.4, 0.5) is 0 Å². The second-order valence-electron chi connectivity index (χ2n) is 4.56. The molecule has 3 rings (SSSR count). The summed E-state index contributed by atoms with van der Waals surface area (Å²) in [5, 5.41) is 12.6. The second-order valence-corrected chi connectivity index (χ2v) is 4.56. The van der Waals surface area contributed by atoms with E-state index in [-0.39, 0.29) is 0 Å². The number of fused-ring (bicyclic) bond motifs is 4. The molecule has 1 fully saturated rings. The van der Waals surface area contributed by atoms with Crippen molar-refractivity contribution < 1.29 is 0 Å². The quantitative estimate of drug-likeness (QED) is 0.691. The minimum absolute atomic E-state index is 0.603. The molecule has 0 radical (unpaired) electrons. The van der Waals surface area contributed by atoms with Crippen LogP contribution in [0.2, 0.25) is 0 Å². The molecule has 15 heavy (non-hydrogen) atoms. The Morgan fingerprint density at radius 3 is 3.20 bits per heavy atom. The van der Waals surface area contributed by atoms with Crippen LogP contribution >= 0.6 is 0 Å². The normalized spacial score (nSPS) is 27.9. The molecule has 1 aliphatic heterocycles. The maximum absolute atomic E-state index is 9.09. The highest BCUT2D eigenvalue weighted by Crippen LogP contribution is 2.37. The van der Waals surface area contributed by atoms with Gasteiger partial charge in [-0.3, -0.25) is 0 Å². The van der Waals surface area contributed by atoms with Gasteiger partial charge in [0.1, 0.15) is 0 Å². The molecule has 1 saturated heterocycles. The summed E-state index contributed by atoms with van der Waals surface area (Å²) >= 11 is 0. The molecule has 2 bridgehead atoms. The smallest absolute Gasteiger partial charge is 0.0994 e. The van der Waals surface area contributed by atoms with E-state index in [2.05, 4.69) is 17.5 Å². The average Bonchev–Trinajstić information content (AvgIpc) is 2.29. The summed E-state index contributed by atoms with van der Waals surface area (Å²) in [5.74, 6) is 0.688. The zero-order valence-electron chi connectivity index (χ0n) is 8.66. The van der Waals surface area contributed by atoms with Crippen LogP contribution in [-0.4, -0.2) is 12.6 Å². The van der Waals surface area contributed by atoms with Gasteiger partial charge >= 0.3 is 0 Å². The number of rotatable bonds is 0. The predicted octanol–water partition coefficient (Wildman–Crippen LogP) is 1.95. The first-order valence-electron chi connectivity index (χ1n) is 5.64. The Bertz CT molecular complexity index is 431. The predicted molar refractivity (Wildman–Crippen MR) is 58.6 cm³/mol. The lowest BCUT2D eigenvalue weighted by atomic mass is 9.75. The molecular weight excluding hydrogens is 184 g/mol. The van der Waals surface area contributed by atoms with E-state index in [9.17, 15) is 0 Å². The lowest BCUT2D eigenvalue weighted by molar-refractivity contribution is 0.338. The molecule has 2 heteroatoms. The van der Waals surface area contributed by atoms with Gasteiger partial charge in [-0.1, -0.05) is 12.1 Å². The summed E-state index contributed by atoms with van der Waals surface area (Å²) in [7, 11) is 0. The van der Waals surface area contributed by atoms with E-state index in [0.29, 0.717) is 12.0 Å². The number of benzene rings is 1. The van der Waals surface area contributed by atoms with Crippen LogP contribution in [0.1, 0.15) is 35.4 Å². The van der Waals surface area contributed by atoms with Crippen molar-refractivity contribution in [3.05, 3.63) is 34.9 Å². The third-order valence-corrected chi connectivity index (χ3v) is 3.72. The van der Waals surface area contributed by atoms with Crippen molar-refractivity contribution in [2.45, 2.75) is 31.2 Å². The van der Waals surface area contributed by atoms with Crippen LogP contribution in [0.15, 0.2) is 18.2 Å². The summed E-state index contributed by atoms with van der Waals surface area (Å²) < 4.78 is 0. The molecule has 0 saturated carbocycles. The first-order chi connectivity index (χ1) is 7.38. The van der Waals surface area contributed by atoms with Crippen molar-refractivity contribution in [1.29, 1.82) is 5.26 Å². The molecule has 2 aliphatic rings. The van der Waals surface area contributed by atoms with E-state index >= 15 is 0 Å². The Morgan fingerprint density at radius 1 is 1.40 bits per heavy atom. The molecule has 1 N–H and O–H groups in total. The average molecular weight is 198 g/mol. The van der Waals surface area contributed by atoms with Gasteiger partial charge in [0.25, 0.3) is 0 Å². The van der Waals surface area contributed by atoms with Crippen LogP contribution < -0.4 is 5.32 Å². The zero-order chi connectivity index (χ0) is 10.3. The molecule has 2 atom stereocenters.